The van der Waals surface area contributed by atoms with E-state index in [0.29, 0.717) is 5.92 Å². The summed E-state index contributed by atoms with van der Waals surface area (Å²) in [6.07, 6.45) is 13.3. The molecule has 2 aromatic heterocycles. The first-order chi connectivity index (χ1) is 15.1. The minimum atomic E-state index is -0.750. The van der Waals surface area contributed by atoms with Crippen molar-refractivity contribution in [1.82, 2.24) is 15.3 Å². The predicted molar refractivity (Wildman–Crippen MR) is 122 cm³/mol. The third-order valence-corrected chi connectivity index (χ3v) is 5.89. The average molecular weight is 417 g/mol. The van der Waals surface area contributed by atoms with Crippen LogP contribution in [0.3, 0.4) is 0 Å². The van der Waals surface area contributed by atoms with Gasteiger partial charge in [0, 0.05) is 29.3 Å². The number of nitrogens with one attached hydrogen (secondary N) is 3. The standard InChI is InChI=1S/C24H28N6O/c1-15(2)17-11-23(30(27-13-17)14-16-5-6-16)29-22-8-7-20-21(28-22)10-18(12-26-20)19-4-3-9-25-24(19)31/h3-4,7-13,15-16,24-25,30-31H,5-6,14H2,1-2H3,(H,28,29). The van der Waals surface area contributed by atoms with E-state index in [9.17, 15) is 5.11 Å². The third-order valence-electron chi connectivity index (χ3n) is 5.89. The van der Waals surface area contributed by atoms with E-state index in [4.69, 9.17) is 10.4 Å². The van der Waals surface area contributed by atoms with Crippen molar-refractivity contribution < 1.29 is 10.1 Å². The summed E-state index contributed by atoms with van der Waals surface area (Å²) in [6.45, 7) is 5.37. The second kappa shape index (κ2) is 8.17. The Balaban J connectivity index is 1.44. The maximum atomic E-state index is 10.2. The van der Waals surface area contributed by atoms with Crippen LogP contribution in [-0.2, 0) is 0 Å². The average Bonchev–Trinajstić information content (AvgIpc) is 3.59. The Morgan fingerprint density at radius 2 is 2.16 bits per heavy atom. The molecule has 2 unspecified atom stereocenters. The lowest BCUT2D eigenvalue weighted by molar-refractivity contribution is -0.820. The number of rotatable bonds is 6. The molecule has 1 saturated carbocycles. The summed E-state index contributed by atoms with van der Waals surface area (Å²) in [4.78, 5) is 9.35. The van der Waals surface area contributed by atoms with Gasteiger partial charge in [-0.25, -0.2) is 4.98 Å². The number of dihydropyridines is 1. The Morgan fingerprint density at radius 3 is 2.94 bits per heavy atom. The fourth-order valence-electron chi connectivity index (χ4n) is 3.80. The second-order valence-electron chi connectivity index (χ2n) is 8.70. The second-order valence-corrected chi connectivity index (χ2v) is 8.70. The van der Waals surface area contributed by atoms with Crippen LogP contribution in [0.1, 0.15) is 32.3 Å². The van der Waals surface area contributed by atoms with Crippen molar-refractivity contribution >= 4 is 22.4 Å². The van der Waals surface area contributed by atoms with Crippen LogP contribution in [0.4, 0.5) is 5.82 Å². The van der Waals surface area contributed by atoms with Crippen molar-refractivity contribution in [2.75, 3.05) is 11.9 Å². The Bertz CT molecular complexity index is 1110. The third kappa shape index (κ3) is 4.33. The van der Waals surface area contributed by atoms with Gasteiger partial charge in [-0.05, 0) is 49.2 Å². The molecule has 2 aliphatic heterocycles. The summed E-state index contributed by atoms with van der Waals surface area (Å²) in [5, 5.41) is 17.7. The van der Waals surface area contributed by atoms with Gasteiger partial charge in [-0.2, -0.15) is 0 Å². The maximum absolute atomic E-state index is 10.2. The first kappa shape index (κ1) is 19.8. The fraction of sp³-hybridized carbons (Fsp3) is 0.333. The number of quaternary nitrogens is 1. The zero-order chi connectivity index (χ0) is 21.4. The SMILES string of the molecule is CC(C)C1=C[N-][NH+](CC2CC2)C(Nc2ccc3ncc(C4=CC=CNC4O)cc3n2)=C1. The molecule has 0 amide bonds. The molecular weight excluding hydrogens is 388 g/mol. The minimum absolute atomic E-state index is 0.414. The van der Waals surface area contributed by atoms with Crippen LogP contribution in [-0.4, -0.2) is 27.8 Å². The largest absolute Gasteiger partial charge is 0.489 e. The highest BCUT2D eigenvalue weighted by molar-refractivity contribution is 5.82. The van der Waals surface area contributed by atoms with Crippen molar-refractivity contribution in [3.8, 4) is 0 Å². The highest BCUT2D eigenvalue weighted by Crippen LogP contribution is 2.28. The summed E-state index contributed by atoms with van der Waals surface area (Å²) < 4.78 is 0. The van der Waals surface area contributed by atoms with Crippen molar-refractivity contribution in [3.05, 3.63) is 77.4 Å². The first-order valence-corrected chi connectivity index (χ1v) is 10.9. The predicted octanol–water partition coefficient (Wildman–Crippen LogP) is 2.84. The van der Waals surface area contributed by atoms with Gasteiger partial charge < -0.3 is 20.9 Å². The number of allylic oxidation sites excluding steroid dienone is 4. The van der Waals surface area contributed by atoms with E-state index in [1.165, 1.54) is 18.4 Å². The smallest absolute Gasteiger partial charge is 0.200 e. The van der Waals surface area contributed by atoms with Gasteiger partial charge in [-0.15, -0.1) is 6.20 Å². The maximum Gasteiger partial charge on any atom is 0.200 e. The number of aromatic nitrogens is 2. The number of hydrogen-bond donors (Lipinski definition) is 4. The molecule has 2 atom stereocenters. The number of aliphatic hydroxyl groups is 1. The van der Waals surface area contributed by atoms with Gasteiger partial charge in [-0.3, -0.25) is 10.3 Å². The van der Waals surface area contributed by atoms with Crippen LogP contribution in [0, 0.1) is 11.8 Å². The fourth-order valence-corrected chi connectivity index (χ4v) is 3.80. The van der Waals surface area contributed by atoms with Crippen LogP contribution >= 0.6 is 0 Å². The van der Waals surface area contributed by atoms with E-state index < -0.39 is 6.23 Å². The van der Waals surface area contributed by atoms with Crippen molar-refractivity contribution in [2.24, 2.45) is 11.8 Å². The first-order valence-electron chi connectivity index (χ1n) is 10.9. The monoisotopic (exact) mass is 416 g/mol. The molecule has 7 nitrogen and oxygen atoms in total. The highest BCUT2D eigenvalue weighted by atomic mass is 16.3. The van der Waals surface area contributed by atoms with Crippen LogP contribution in [0.2, 0.25) is 0 Å². The summed E-state index contributed by atoms with van der Waals surface area (Å²) >= 11 is 0. The molecule has 0 saturated heterocycles. The zero-order valence-corrected chi connectivity index (χ0v) is 17.8. The zero-order valence-electron chi connectivity index (χ0n) is 17.8. The van der Waals surface area contributed by atoms with Gasteiger partial charge in [-0.1, -0.05) is 25.5 Å². The van der Waals surface area contributed by atoms with Gasteiger partial charge >= 0.3 is 0 Å². The topological polar surface area (TPSA) is 88.6 Å². The van der Waals surface area contributed by atoms with Crippen molar-refractivity contribution in [1.29, 1.82) is 0 Å². The molecule has 0 spiro atoms. The highest BCUT2D eigenvalue weighted by Gasteiger charge is 2.27. The molecule has 4 N–H and O–H groups in total. The quantitative estimate of drug-likeness (QED) is 0.582. The molecule has 2 aromatic rings. The molecule has 7 heteroatoms. The number of aliphatic hydroxyl groups excluding tert-OH is 1. The van der Waals surface area contributed by atoms with Gasteiger partial charge in [0.15, 0.2) is 12.0 Å². The van der Waals surface area contributed by atoms with Crippen LogP contribution in [0.15, 0.2) is 66.4 Å². The van der Waals surface area contributed by atoms with E-state index in [2.05, 4.69) is 35.5 Å². The molecular formula is C24H28N6O. The summed E-state index contributed by atoms with van der Waals surface area (Å²) in [7, 11) is 0. The molecule has 3 aliphatic rings. The molecule has 160 valence electrons. The summed E-state index contributed by atoms with van der Waals surface area (Å²) in [6, 6.07) is 5.90. The van der Waals surface area contributed by atoms with Crippen molar-refractivity contribution in [2.45, 2.75) is 32.9 Å². The number of nitrogens with zero attached hydrogens (tertiary/aromatic N) is 3. The molecule has 31 heavy (non-hydrogen) atoms. The molecule has 5 rings (SSSR count). The van der Waals surface area contributed by atoms with Gasteiger partial charge in [0.1, 0.15) is 5.82 Å². The van der Waals surface area contributed by atoms with Gasteiger partial charge in [0.05, 0.1) is 17.6 Å². The van der Waals surface area contributed by atoms with Gasteiger partial charge in [0.2, 0.25) is 0 Å². The Hall–Kier alpha value is -3.16. The molecule has 0 radical (unpaired) electrons. The van der Waals surface area contributed by atoms with E-state index >= 15 is 0 Å². The van der Waals surface area contributed by atoms with Crippen LogP contribution < -0.4 is 15.6 Å². The molecule has 0 aromatic carbocycles. The van der Waals surface area contributed by atoms with Crippen LogP contribution in [0.25, 0.3) is 22.0 Å². The normalized spacial score (nSPS) is 23.0. The van der Waals surface area contributed by atoms with Crippen molar-refractivity contribution in [3.63, 3.8) is 0 Å². The van der Waals surface area contributed by atoms with E-state index in [1.807, 2.05) is 36.6 Å². The lowest BCUT2D eigenvalue weighted by Gasteiger charge is -2.36. The summed E-state index contributed by atoms with van der Waals surface area (Å²) in [5.74, 6) is 2.97. The van der Waals surface area contributed by atoms with E-state index in [-0.39, 0.29) is 0 Å². The number of hydrogen-bond acceptors (Lipinski definition) is 5. The summed E-state index contributed by atoms with van der Waals surface area (Å²) in [5.41, 5.74) is 9.20. The minimum Gasteiger partial charge on any atom is -0.489 e. The van der Waals surface area contributed by atoms with E-state index in [0.717, 1.165) is 51.3 Å². The number of anilines is 1. The van der Waals surface area contributed by atoms with Gasteiger partial charge in [0.25, 0.3) is 0 Å². The molecule has 1 aliphatic carbocycles. The lowest BCUT2D eigenvalue weighted by Crippen LogP contribution is -3.07. The Labute approximate surface area is 182 Å². The lowest BCUT2D eigenvalue weighted by atomic mass is 10.0. The number of fused-ring (bicyclic) bond motifs is 1. The van der Waals surface area contributed by atoms with E-state index in [1.54, 1.807) is 12.4 Å². The Kier molecular flexibility index (Phi) is 5.21. The molecule has 4 heterocycles. The van der Waals surface area contributed by atoms with Crippen LogP contribution in [0.5, 0.6) is 0 Å². The number of pyridine rings is 2. The Morgan fingerprint density at radius 1 is 1.29 bits per heavy atom. The molecule has 1 fully saturated rings. The molecule has 0 bridgehead atoms.